The fourth-order valence-corrected chi connectivity index (χ4v) is 3.81. The van der Waals surface area contributed by atoms with E-state index in [0.29, 0.717) is 49.9 Å². The van der Waals surface area contributed by atoms with Gasteiger partial charge in [0.05, 0.1) is 5.69 Å². The standard InChI is InChI=1S/C22H26N6O2/c1-15-5-4-6-18(13-15)28-20(29)8-7-19(25-28)21(30)26-9-11-27(12-10-26)22-23-16(2)14-17(3)24-22/h4-6,13-14H,7-12H2,1-3H3. The molecule has 0 spiro atoms. The summed E-state index contributed by atoms with van der Waals surface area (Å²) in [4.78, 5) is 38.4. The number of hydrazone groups is 1. The average Bonchev–Trinajstić information content (AvgIpc) is 2.73. The molecule has 0 N–H and O–H groups in total. The van der Waals surface area contributed by atoms with E-state index >= 15 is 0 Å². The van der Waals surface area contributed by atoms with Crippen molar-refractivity contribution < 1.29 is 9.59 Å². The molecular formula is C22H26N6O2. The normalized spacial score (nSPS) is 17.2. The summed E-state index contributed by atoms with van der Waals surface area (Å²) >= 11 is 0. The van der Waals surface area contributed by atoms with Crippen LogP contribution in [0, 0.1) is 20.8 Å². The van der Waals surface area contributed by atoms with Gasteiger partial charge in [-0.25, -0.2) is 15.0 Å². The lowest BCUT2D eigenvalue weighted by atomic mass is 10.1. The average molecular weight is 406 g/mol. The number of carbonyl (C=O) groups is 2. The molecule has 1 fully saturated rings. The molecule has 2 aliphatic rings. The Morgan fingerprint density at radius 3 is 2.30 bits per heavy atom. The van der Waals surface area contributed by atoms with Crippen molar-refractivity contribution in [1.82, 2.24) is 14.9 Å². The van der Waals surface area contributed by atoms with Gasteiger partial charge < -0.3 is 9.80 Å². The molecule has 0 saturated carbocycles. The monoisotopic (exact) mass is 406 g/mol. The number of amides is 2. The van der Waals surface area contributed by atoms with Gasteiger partial charge in [-0.1, -0.05) is 12.1 Å². The number of piperazine rings is 1. The van der Waals surface area contributed by atoms with Gasteiger partial charge in [-0.15, -0.1) is 0 Å². The maximum Gasteiger partial charge on any atom is 0.270 e. The van der Waals surface area contributed by atoms with Crippen LogP contribution in [0.1, 0.15) is 29.8 Å². The van der Waals surface area contributed by atoms with Crippen molar-refractivity contribution in [3.05, 3.63) is 47.3 Å². The Kier molecular flexibility index (Phi) is 5.48. The molecule has 0 bridgehead atoms. The SMILES string of the molecule is Cc1cccc(N2N=C(C(=O)N3CCN(c4nc(C)cc(C)n4)CC3)CCC2=O)c1. The van der Waals surface area contributed by atoms with E-state index in [4.69, 9.17) is 0 Å². The number of benzene rings is 1. The summed E-state index contributed by atoms with van der Waals surface area (Å²) in [6.45, 7) is 8.37. The van der Waals surface area contributed by atoms with E-state index in [0.717, 1.165) is 17.0 Å². The fraction of sp³-hybridized carbons (Fsp3) is 0.409. The number of aryl methyl sites for hydroxylation is 3. The summed E-state index contributed by atoms with van der Waals surface area (Å²) < 4.78 is 0. The van der Waals surface area contributed by atoms with E-state index in [1.54, 1.807) is 0 Å². The number of anilines is 2. The van der Waals surface area contributed by atoms with Crippen LogP contribution in [0.3, 0.4) is 0 Å². The molecule has 8 heteroatoms. The van der Waals surface area contributed by atoms with Crippen LogP contribution >= 0.6 is 0 Å². The molecular weight excluding hydrogens is 380 g/mol. The molecule has 30 heavy (non-hydrogen) atoms. The highest BCUT2D eigenvalue weighted by atomic mass is 16.2. The van der Waals surface area contributed by atoms with Crippen molar-refractivity contribution in [2.45, 2.75) is 33.6 Å². The highest BCUT2D eigenvalue weighted by Crippen LogP contribution is 2.22. The zero-order valence-corrected chi connectivity index (χ0v) is 17.6. The van der Waals surface area contributed by atoms with E-state index in [2.05, 4.69) is 20.0 Å². The number of hydrogen-bond acceptors (Lipinski definition) is 6. The molecule has 0 aliphatic carbocycles. The predicted octanol–water partition coefficient (Wildman–Crippen LogP) is 2.23. The van der Waals surface area contributed by atoms with Gasteiger partial charge in [0, 0.05) is 50.4 Å². The Morgan fingerprint density at radius 1 is 0.933 bits per heavy atom. The van der Waals surface area contributed by atoms with E-state index in [9.17, 15) is 9.59 Å². The van der Waals surface area contributed by atoms with E-state index in [-0.39, 0.29) is 18.2 Å². The molecule has 0 unspecified atom stereocenters. The Bertz CT molecular complexity index is 990. The number of nitrogens with zero attached hydrogens (tertiary/aromatic N) is 6. The topological polar surface area (TPSA) is 82.0 Å². The van der Waals surface area contributed by atoms with E-state index < -0.39 is 0 Å². The fourth-order valence-electron chi connectivity index (χ4n) is 3.81. The summed E-state index contributed by atoms with van der Waals surface area (Å²) in [5, 5.41) is 5.79. The smallest absolute Gasteiger partial charge is 0.270 e. The van der Waals surface area contributed by atoms with Gasteiger partial charge in [0.1, 0.15) is 5.71 Å². The lowest BCUT2D eigenvalue weighted by Crippen LogP contribution is -2.52. The molecule has 4 rings (SSSR count). The molecule has 2 amide bonds. The lowest BCUT2D eigenvalue weighted by Gasteiger charge is -2.35. The van der Waals surface area contributed by atoms with Crippen LogP contribution in [0.4, 0.5) is 11.6 Å². The lowest BCUT2D eigenvalue weighted by molar-refractivity contribution is -0.124. The highest BCUT2D eigenvalue weighted by Gasteiger charge is 2.30. The second-order valence-corrected chi connectivity index (χ2v) is 7.82. The summed E-state index contributed by atoms with van der Waals surface area (Å²) in [7, 11) is 0. The number of hydrogen-bond donors (Lipinski definition) is 0. The Balaban J connectivity index is 1.46. The Morgan fingerprint density at radius 2 is 1.63 bits per heavy atom. The third kappa shape index (κ3) is 4.17. The maximum atomic E-state index is 13.1. The first-order chi connectivity index (χ1) is 14.4. The van der Waals surface area contributed by atoms with Crippen molar-refractivity contribution in [1.29, 1.82) is 0 Å². The summed E-state index contributed by atoms with van der Waals surface area (Å²) in [6.07, 6.45) is 0.662. The van der Waals surface area contributed by atoms with E-state index in [1.807, 2.05) is 56.0 Å². The summed E-state index contributed by atoms with van der Waals surface area (Å²) in [5.74, 6) is 0.529. The van der Waals surface area contributed by atoms with Gasteiger partial charge in [-0.2, -0.15) is 5.10 Å². The van der Waals surface area contributed by atoms with Crippen molar-refractivity contribution in [2.24, 2.45) is 5.10 Å². The molecule has 156 valence electrons. The van der Waals surface area contributed by atoms with Gasteiger partial charge in [0.25, 0.3) is 5.91 Å². The second kappa shape index (κ2) is 8.22. The van der Waals surface area contributed by atoms with Crippen LogP contribution in [-0.2, 0) is 9.59 Å². The first-order valence-corrected chi connectivity index (χ1v) is 10.2. The zero-order chi connectivity index (χ0) is 21.3. The summed E-state index contributed by atoms with van der Waals surface area (Å²) in [6, 6.07) is 9.54. The van der Waals surface area contributed by atoms with Crippen molar-refractivity contribution in [3.63, 3.8) is 0 Å². The molecule has 3 heterocycles. The Hall–Kier alpha value is -3.29. The number of carbonyl (C=O) groups excluding carboxylic acids is 2. The molecule has 1 aromatic carbocycles. The largest absolute Gasteiger partial charge is 0.337 e. The number of rotatable bonds is 3. The highest BCUT2D eigenvalue weighted by molar-refractivity contribution is 6.40. The van der Waals surface area contributed by atoms with Crippen LogP contribution in [0.5, 0.6) is 0 Å². The molecule has 1 saturated heterocycles. The number of aromatic nitrogens is 2. The van der Waals surface area contributed by atoms with Crippen molar-refractivity contribution >= 4 is 29.2 Å². The molecule has 1 aromatic heterocycles. The van der Waals surface area contributed by atoms with Crippen LogP contribution in [0.2, 0.25) is 0 Å². The van der Waals surface area contributed by atoms with Gasteiger partial charge in [0.15, 0.2) is 0 Å². The molecule has 8 nitrogen and oxygen atoms in total. The minimum absolute atomic E-state index is 0.0889. The van der Waals surface area contributed by atoms with Crippen LogP contribution < -0.4 is 9.91 Å². The quantitative estimate of drug-likeness (QED) is 0.781. The molecule has 0 atom stereocenters. The van der Waals surface area contributed by atoms with Crippen LogP contribution in [0.25, 0.3) is 0 Å². The van der Waals surface area contributed by atoms with Gasteiger partial charge in [0.2, 0.25) is 11.9 Å². The molecule has 2 aromatic rings. The predicted molar refractivity (Wildman–Crippen MR) is 116 cm³/mol. The third-order valence-electron chi connectivity index (χ3n) is 5.35. The van der Waals surface area contributed by atoms with Crippen LogP contribution in [-0.4, -0.2) is 58.6 Å². The van der Waals surface area contributed by atoms with E-state index in [1.165, 1.54) is 5.01 Å². The maximum absolute atomic E-state index is 13.1. The van der Waals surface area contributed by atoms with Crippen molar-refractivity contribution in [2.75, 3.05) is 36.1 Å². The first kappa shape index (κ1) is 20.0. The van der Waals surface area contributed by atoms with Gasteiger partial charge in [-0.05, 0) is 44.5 Å². The molecule has 0 radical (unpaired) electrons. The second-order valence-electron chi connectivity index (χ2n) is 7.82. The Labute approximate surface area is 176 Å². The first-order valence-electron chi connectivity index (χ1n) is 10.2. The van der Waals surface area contributed by atoms with Crippen molar-refractivity contribution in [3.8, 4) is 0 Å². The molecule has 2 aliphatic heterocycles. The van der Waals surface area contributed by atoms with Crippen LogP contribution in [0.15, 0.2) is 35.4 Å². The minimum atomic E-state index is -0.0962. The van der Waals surface area contributed by atoms with Gasteiger partial charge in [-0.3, -0.25) is 9.59 Å². The van der Waals surface area contributed by atoms with Gasteiger partial charge >= 0.3 is 0 Å². The zero-order valence-electron chi connectivity index (χ0n) is 17.6. The summed E-state index contributed by atoms with van der Waals surface area (Å²) in [5.41, 5.74) is 4.05. The minimum Gasteiger partial charge on any atom is -0.337 e. The third-order valence-corrected chi connectivity index (χ3v) is 5.35.